The van der Waals surface area contributed by atoms with Crippen molar-refractivity contribution in [1.29, 1.82) is 0 Å². The Morgan fingerprint density at radius 3 is 1.26 bits per heavy atom. The van der Waals surface area contributed by atoms with E-state index < -0.39 is 55.1 Å². The van der Waals surface area contributed by atoms with E-state index in [0.717, 1.165) is 19.6 Å². The van der Waals surface area contributed by atoms with E-state index in [4.69, 9.17) is 0 Å². The minimum absolute atomic E-state index is 0.560. The molecular formula is C13H20N4O6. The molecule has 0 aromatic rings. The molecule has 128 valence electrons. The van der Waals surface area contributed by atoms with Gasteiger partial charge in [-0.15, -0.1) is 0 Å². The lowest BCUT2D eigenvalue weighted by atomic mass is 10.0. The fraction of sp³-hybridized carbons (Fsp3) is 0.692. The number of imide groups is 2. The first-order valence-electron chi connectivity index (χ1n) is 7.00. The number of hydrogen-bond donors (Lipinski definition) is 2. The molecule has 0 spiro atoms. The number of carbonyl (C=O) groups is 4. The maximum Gasteiger partial charge on any atom is 0.331 e. The van der Waals surface area contributed by atoms with Crippen molar-refractivity contribution in [2.75, 3.05) is 20.1 Å². The minimum Gasteiger partial charge on any atom is -0.376 e. The van der Waals surface area contributed by atoms with Gasteiger partial charge in [0, 0.05) is 0 Å². The monoisotopic (exact) mass is 328 g/mol. The summed E-state index contributed by atoms with van der Waals surface area (Å²) in [5.74, 6) is -1.25. The molecule has 2 aliphatic heterocycles. The Kier molecular flexibility index (Phi) is 3.86. The summed E-state index contributed by atoms with van der Waals surface area (Å²) in [6, 6.07) is -1.58. The van der Waals surface area contributed by atoms with Crippen molar-refractivity contribution in [2.24, 2.45) is 0 Å². The van der Waals surface area contributed by atoms with Gasteiger partial charge in [0.1, 0.15) is 31.2 Å². The smallest absolute Gasteiger partial charge is 0.331 e. The van der Waals surface area contributed by atoms with E-state index in [9.17, 15) is 29.4 Å². The molecule has 23 heavy (non-hydrogen) atoms. The Morgan fingerprint density at radius 1 is 0.739 bits per heavy atom. The minimum atomic E-state index is -1.27. The van der Waals surface area contributed by atoms with Crippen molar-refractivity contribution >= 4 is 23.9 Å². The van der Waals surface area contributed by atoms with Crippen LogP contribution in [0.25, 0.3) is 0 Å². The Bertz CT molecular complexity index is 537. The van der Waals surface area contributed by atoms with Crippen LogP contribution < -0.4 is 0 Å². The van der Waals surface area contributed by atoms with Crippen molar-refractivity contribution < 1.29 is 29.4 Å². The average molecular weight is 328 g/mol. The van der Waals surface area contributed by atoms with Crippen molar-refractivity contribution in [1.82, 2.24) is 19.6 Å². The Hall–Kier alpha value is -2.20. The molecular weight excluding hydrogens is 308 g/mol. The van der Waals surface area contributed by atoms with Crippen LogP contribution in [0.15, 0.2) is 0 Å². The van der Waals surface area contributed by atoms with Gasteiger partial charge in [-0.1, -0.05) is 0 Å². The lowest BCUT2D eigenvalue weighted by Crippen LogP contribution is -2.47. The molecule has 2 heterocycles. The number of nitrogens with zero attached hydrogens (tertiary/aromatic N) is 4. The number of rotatable bonds is 4. The van der Waals surface area contributed by atoms with Crippen LogP contribution in [0.5, 0.6) is 0 Å². The van der Waals surface area contributed by atoms with Gasteiger partial charge in [0.05, 0.1) is 0 Å². The molecule has 2 saturated heterocycles. The molecule has 0 radical (unpaired) electrons. The number of amides is 6. The van der Waals surface area contributed by atoms with Crippen LogP contribution in [0, 0.1) is 0 Å². The first kappa shape index (κ1) is 17.2. The molecule has 2 N–H and O–H groups in total. The van der Waals surface area contributed by atoms with Gasteiger partial charge in [-0.25, -0.2) is 19.4 Å². The van der Waals surface area contributed by atoms with Crippen molar-refractivity contribution in [3.05, 3.63) is 0 Å². The predicted molar refractivity (Wildman–Crippen MR) is 75.4 cm³/mol. The first-order chi connectivity index (χ1) is 10.5. The Balaban J connectivity index is 2.30. The standard InChI is InChI=1S/C13H20N4O6/c1-12(2)8(20)14(10(22)16(12)6-18)5-15-9(21)13(3,4)17(7-19)11(15)23/h18-19H,5-7H2,1-4H3. The molecule has 2 aliphatic rings. The van der Waals surface area contributed by atoms with Crippen LogP contribution in [-0.2, 0) is 9.59 Å². The van der Waals surface area contributed by atoms with E-state index in [1.54, 1.807) is 0 Å². The van der Waals surface area contributed by atoms with Crippen LogP contribution in [0.3, 0.4) is 0 Å². The predicted octanol–water partition coefficient (Wildman–Crippen LogP) is -1.07. The first-order valence-corrected chi connectivity index (χ1v) is 7.00. The van der Waals surface area contributed by atoms with Gasteiger partial charge in [-0.3, -0.25) is 19.4 Å². The largest absolute Gasteiger partial charge is 0.376 e. The third-order valence-corrected chi connectivity index (χ3v) is 4.38. The molecule has 0 atom stereocenters. The van der Waals surface area contributed by atoms with Gasteiger partial charge >= 0.3 is 12.1 Å². The summed E-state index contributed by atoms with van der Waals surface area (Å²) in [7, 11) is 0. The van der Waals surface area contributed by atoms with Gasteiger partial charge < -0.3 is 10.2 Å². The third-order valence-electron chi connectivity index (χ3n) is 4.38. The highest BCUT2D eigenvalue weighted by Gasteiger charge is 2.56. The van der Waals surface area contributed by atoms with Crippen LogP contribution >= 0.6 is 0 Å². The van der Waals surface area contributed by atoms with Crippen LogP contribution in [0.2, 0.25) is 0 Å². The summed E-state index contributed by atoms with van der Waals surface area (Å²) in [5, 5.41) is 18.5. The number of aliphatic hydroxyl groups is 2. The summed E-state index contributed by atoms with van der Waals surface area (Å²) in [5.41, 5.74) is -2.55. The van der Waals surface area contributed by atoms with Crippen LogP contribution in [0.4, 0.5) is 9.59 Å². The van der Waals surface area contributed by atoms with Gasteiger partial charge in [0.2, 0.25) is 0 Å². The van der Waals surface area contributed by atoms with Crippen molar-refractivity contribution in [2.45, 2.75) is 38.8 Å². The molecule has 10 heteroatoms. The highest BCUT2D eigenvalue weighted by Crippen LogP contribution is 2.31. The van der Waals surface area contributed by atoms with Crippen molar-refractivity contribution in [3.8, 4) is 0 Å². The quantitative estimate of drug-likeness (QED) is 0.634. The highest BCUT2D eigenvalue weighted by atomic mass is 16.3. The molecule has 6 amide bonds. The molecule has 0 aromatic carbocycles. The maximum absolute atomic E-state index is 12.4. The molecule has 10 nitrogen and oxygen atoms in total. The van der Waals surface area contributed by atoms with Gasteiger partial charge in [-0.05, 0) is 27.7 Å². The zero-order valence-electron chi connectivity index (χ0n) is 13.4. The molecule has 0 saturated carbocycles. The maximum atomic E-state index is 12.4. The van der Waals surface area contributed by atoms with Gasteiger partial charge in [0.25, 0.3) is 11.8 Å². The summed E-state index contributed by atoms with van der Waals surface area (Å²) in [6.45, 7) is 3.95. The normalized spacial score (nSPS) is 23.6. The fourth-order valence-electron chi connectivity index (χ4n) is 2.70. The summed E-state index contributed by atoms with van der Waals surface area (Å²) in [4.78, 5) is 52.5. The second kappa shape index (κ2) is 5.17. The number of aliphatic hydroxyl groups excluding tert-OH is 2. The molecule has 0 unspecified atom stereocenters. The Morgan fingerprint density at radius 2 is 1.04 bits per heavy atom. The zero-order valence-corrected chi connectivity index (χ0v) is 13.4. The second-order valence-corrected chi connectivity index (χ2v) is 6.43. The number of carbonyl (C=O) groups excluding carboxylic acids is 4. The molecule has 2 fully saturated rings. The third kappa shape index (κ3) is 2.17. The topological polar surface area (TPSA) is 122 Å². The Labute approximate surface area is 132 Å². The van der Waals surface area contributed by atoms with E-state index in [-0.39, 0.29) is 0 Å². The van der Waals surface area contributed by atoms with E-state index in [1.165, 1.54) is 27.7 Å². The second-order valence-electron chi connectivity index (χ2n) is 6.43. The van der Waals surface area contributed by atoms with Crippen LogP contribution in [-0.4, -0.2) is 84.9 Å². The molecule has 0 bridgehead atoms. The summed E-state index contributed by atoms with van der Waals surface area (Å²) < 4.78 is 0. The van der Waals surface area contributed by atoms with E-state index >= 15 is 0 Å². The average Bonchev–Trinajstić information content (AvgIpc) is 2.72. The highest BCUT2D eigenvalue weighted by molar-refractivity contribution is 6.09. The molecule has 0 aliphatic carbocycles. The van der Waals surface area contributed by atoms with E-state index in [2.05, 4.69) is 0 Å². The van der Waals surface area contributed by atoms with E-state index in [0.29, 0.717) is 0 Å². The van der Waals surface area contributed by atoms with Gasteiger partial charge in [0.15, 0.2) is 0 Å². The summed E-state index contributed by atoms with van der Waals surface area (Å²) in [6.07, 6.45) is 0. The number of urea groups is 2. The SMILES string of the molecule is CC1(C)C(=O)N(CN2C(=O)N(CO)C(C)(C)C2=O)C(=O)N1CO. The van der Waals surface area contributed by atoms with Crippen LogP contribution in [0.1, 0.15) is 27.7 Å². The summed E-state index contributed by atoms with van der Waals surface area (Å²) >= 11 is 0. The lowest BCUT2D eigenvalue weighted by Gasteiger charge is -2.24. The van der Waals surface area contributed by atoms with Crippen molar-refractivity contribution in [3.63, 3.8) is 0 Å². The zero-order chi connectivity index (χ0) is 17.7. The number of hydrogen-bond acceptors (Lipinski definition) is 6. The van der Waals surface area contributed by atoms with Gasteiger partial charge in [-0.2, -0.15) is 0 Å². The lowest BCUT2D eigenvalue weighted by molar-refractivity contribution is -0.137. The molecule has 2 rings (SSSR count). The fourth-order valence-corrected chi connectivity index (χ4v) is 2.70. The molecule has 0 aromatic heterocycles. The van der Waals surface area contributed by atoms with E-state index in [1.807, 2.05) is 0 Å².